The molecule has 0 aliphatic heterocycles. The largest absolute Gasteiger partial charge is 0.493 e. The summed E-state index contributed by atoms with van der Waals surface area (Å²) in [5, 5.41) is 6.58. The van der Waals surface area contributed by atoms with Gasteiger partial charge in [0.05, 0.1) is 20.8 Å². The summed E-state index contributed by atoms with van der Waals surface area (Å²) in [7, 11) is 4.99. The zero-order valence-corrected chi connectivity index (χ0v) is 16.4. The van der Waals surface area contributed by atoms with Gasteiger partial charge in [0.1, 0.15) is 0 Å². The van der Waals surface area contributed by atoms with Crippen LogP contribution in [0.4, 0.5) is 0 Å². The quantitative estimate of drug-likeness (QED) is 0.521. The third-order valence-corrected chi connectivity index (χ3v) is 3.87. The molecule has 0 saturated carbocycles. The molecule has 27 heavy (non-hydrogen) atoms. The van der Waals surface area contributed by atoms with Crippen molar-refractivity contribution in [2.45, 2.75) is 26.4 Å². The Morgan fingerprint density at radius 3 is 2.56 bits per heavy atom. The molecular formula is C20H28N4O3. The van der Waals surface area contributed by atoms with Crippen LogP contribution in [-0.2, 0) is 13.1 Å². The Balaban J connectivity index is 1.93. The predicted octanol–water partition coefficient (Wildman–Crippen LogP) is 2.75. The summed E-state index contributed by atoms with van der Waals surface area (Å²) in [4.78, 5) is 8.56. The number of pyridine rings is 1. The summed E-state index contributed by atoms with van der Waals surface area (Å²) in [6.45, 7) is 3.89. The van der Waals surface area contributed by atoms with E-state index in [-0.39, 0.29) is 0 Å². The number of methoxy groups -OCH3 is 2. The molecule has 2 N–H and O–H groups in total. The Bertz CT molecular complexity index is 750. The molecule has 0 aliphatic carbocycles. The van der Waals surface area contributed by atoms with Crippen molar-refractivity contribution in [2.24, 2.45) is 4.99 Å². The van der Waals surface area contributed by atoms with Gasteiger partial charge in [-0.3, -0.25) is 4.99 Å². The molecular weight excluding hydrogens is 344 g/mol. The minimum Gasteiger partial charge on any atom is -0.493 e. The number of hydrogen-bond donors (Lipinski definition) is 2. The number of nitrogens with one attached hydrogen (secondary N) is 2. The number of rotatable bonds is 9. The predicted molar refractivity (Wildman–Crippen MR) is 107 cm³/mol. The van der Waals surface area contributed by atoms with E-state index in [1.807, 2.05) is 30.3 Å². The Labute approximate surface area is 160 Å². The van der Waals surface area contributed by atoms with E-state index in [0.29, 0.717) is 43.0 Å². The lowest BCUT2D eigenvalue weighted by Crippen LogP contribution is -2.36. The zero-order chi connectivity index (χ0) is 19.5. The molecule has 1 heterocycles. The van der Waals surface area contributed by atoms with Crippen LogP contribution in [0.1, 0.15) is 24.5 Å². The summed E-state index contributed by atoms with van der Waals surface area (Å²) < 4.78 is 16.3. The Hall–Kier alpha value is -2.96. The third kappa shape index (κ3) is 6.06. The average Bonchev–Trinajstić information content (AvgIpc) is 2.72. The van der Waals surface area contributed by atoms with Gasteiger partial charge >= 0.3 is 0 Å². The smallest absolute Gasteiger partial charge is 0.218 e. The van der Waals surface area contributed by atoms with Crippen LogP contribution in [0.25, 0.3) is 0 Å². The van der Waals surface area contributed by atoms with Gasteiger partial charge in [0.15, 0.2) is 17.5 Å². The molecule has 0 radical (unpaired) electrons. The van der Waals surface area contributed by atoms with E-state index in [1.165, 1.54) is 0 Å². The first-order chi connectivity index (χ1) is 13.2. The summed E-state index contributed by atoms with van der Waals surface area (Å²) in [6.07, 6.45) is 2.68. The van der Waals surface area contributed by atoms with E-state index in [4.69, 9.17) is 14.2 Å². The topological polar surface area (TPSA) is 77.0 Å². The number of aromatic nitrogens is 1. The van der Waals surface area contributed by atoms with Gasteiger partial charge in [0.25, 0.3) is 0 Å². The van der Waals surface area contributed by atoms with Crippen molar-refractivity contribution in [3.05, 3.63) is 47.7 Å². The molecule has 2 aromatic rings. The zero-order valence-electron chi connectivity index (χ0n) is 16.4. The molecule has 1 aromatic heterocycles. The van der Waals surface area contributed by atoms with Gasteiger partial charge in [-0.1, -0.05) is 19.1 Å². The third-order valence-electron chi connectivity index (χ3n) is 3.87. The van der Waals surface area contributed by atoms with Crippen LogP contribution in [0.5, 0.6) is 17.4 Å². The van der Waals surface area contributed by atoms with Gasteiger partial charge in [-0.15, -0.1) is 0 Å². The molecule has 0 fully saturated rings. The second-order valence-electron chi connectivity index (χ2n) is 5.78. The molecule has 0 atom stereocenters. The summed E-state index contributed by atoms with van der Waals surface area (Å²) in [6, 6.07) is 9.71. The highest BCUT2D eigenvalue weighted by Crippen LogP contribution is 2.27. The molecule has 0 bridgehead atoms. The van der Waals surface area contributed by atoms with Crippen LogP contribution in [-0.4, -0.2) is 38.8 Å². The van der Waals surface area contributed by atoms with E-state index < -0.39 is 0 Å². The highest BCUT2D eigenvalue weighted by Gasteiger charge is 2.07. The van der Waals surface area contributed by atoms with Gasteiger partial charge in [0.2, 0.25) is 5.88 Å². The number of nitrogens with zero attached hydrogens (tertiary/aromatic N) is 2. The molecule has 1 aromatic carbocycles. The number of ether oxygens (including phenoxy) is 3. The second kappa shape index (κ2) is 10.9. The van der Waals surface area contributed by atoms with Crippen LogP contribution < -0.4 is 24.8 Å². The highest BCUT2D eigenvalue weighted by atomic mass is 16.5. The molecule has 0 spiro atoms. The minimum atomic E-state index is 0.568. The van der Waals surface area contributed by atoms with Crippen LogP contribution >= 0.6 is 0 Å². The lowest BCUT2D eigenvalue weighted by atomic mass is 10.2. The maximum absolute atomic E-state index is 5.69. The number of aliphatic imine (C=N–C) groups is 1. The van der Waals surface area contributed by atoms with Gasteiger partial charge in [0, 0.05) is 31.9 Å². The monoisotopic (exact) mass is 372 g/mol. The van der Waals surface area contributed by atoms with Crippen LogP contribution in [0.3, 0.4) is 0 Å². The van der Waals surface area contributed by atoms with Crippen molar-refractivity contribution in [2.75, 3.05) is 27.9 Å². The van der Waals surface area contributed by atoms with Crippen LogP contribution in [0.2, 0.25) is 0 Å². The number of benzene rings is 1. The molecule has 2 rings (SSSR count). The number of hydrogen-bond acceptors (Lipinski definition) is 5. The summed E-state index contributed by atoms with van der Waals surface area (Å²) in [5.41, 5.74) is 2.05. The first-order valence-electron chi connectivity index (χ1n) is 8.93. The SMILES string of the molecule is CCCOc1ncccc1CNC(=NC)NCc1ccc(OC)c(OC)c1. The summed E-state index contributed by atoms with van der Waals surface area (Å²) in [5.74, 6) is 2.75. The van der Waals surface area contributed by atoms with Crippen molar-refractivity contribution in [3.63, 3.8) is 0 Å². The van der Waals surface area contributed by atoms with Crippen molar-refractivity contribution in [1.82, 2.24) is 15.6 Å². The van der Waals surface area contributed by atoms with E-state index >= 15 is 0 Å². The lowest BCUT2D eigenvalue weighted by Gasteiger charge is -2.15. The number of guanidine groups is 1. The maximum Gasteiger partial charge on any atom is 0.218 e. The fraction of sp³-hybridized carbons (Fsp3) is 0.400. The van der Waals surface area contributed by atoms with Crippen molar-refractivity contribution in [1.29, 1.82) is 0 Å². The second-order valence-corrected chi connectivity index (χ2v) is 5.78. The summed E-state index contributed by atoms with van der Waals surface area (Å²) >= 11 is 0. The fourth-order valence-electron chi connectivity index (χ4n) is 2.46. The molecule has 7 nitrogen and oxygen atoms in total. The normalized spacial score (nSPS) is 11.0. The van der Waals surface area contributed by atoms with E-state index in [0.717, 1.165) is 17.5 Å². The van der Waals surface area contributed by atoms with Gasteiger partial charge in [-0.25, -0.2) is 4.98 Å². The highest BCUT2D eigenvalue weighted by molar-refractivity contribution is 5.79. The molecule has 146 valence electrons. The Kier molecular flexibility index (Phi) is 8.22. The van der Waals surface area contributed by atoms with Gasteiger partial charge in [-0.05, 0) is 30.2 Å². The van der Waals surface area contributed by atoms with Crippen molar-refractivity contribution in [3.8, 4) is 17.4 Å². The molecule has 7 heteroatoms. The van der Waals surface area contributed by atoms with E-state index in [9.17, 15) is 0 Å². The van der Waals surface area contributed by atoms with Crippen molar-refractivity contribution >= 4 is 5.96 Å². The maximum atomic E-state index is 5.69. The first-order valence-corrected chi connectivity index (χ1v) is 8.93. The fourth-order valence-corrected chi connectivity index (χ4v) is 2.46. The van der Waals surface area contributed by atoms with Crippen LogP contribution in [0.15, 0.2) is 41.5 Å². The first kappa shape index (κ1) is 20.4. The standard InChI is InChI=1S/C20H28N4O3/c1-5-11-27-19-16(7-6-10-22-19)14-24-20(21-2)23-13-15-8-9-17(25-3)18(12-15)26-4/h6-10,12H,5,11,13-14H2,1-4H3,(H2,21,23,24). The lowest BCUT2D eigenvalue weighted by molar-refractivity contribution is 0.301. The average molecular weight is 372 g/mol. The minimum absolute atomic E-state index is 0.568. The molecule has 0 saturated heterocycles. The molecule has 0 amide bonds. The van der Waals surface area contributed by atoms with Crippen LogP contribution in [0, 0.1) is 0 Å². The Morgan fingerprint density at radius 2 is 1.85 bits per heavy atom. The van der Waals surface area contributed by atoms with Crippen molar-refractivity contribution < 1.29 is 14.2 Å². The van der Waals surface area contributed by atoms with E-state index in [1.54, 1.807) is 27.5 Å². The van der Waals surface area contributed by atoms with Gasteiger partial charge < -0.3 is 24.8 Å². The molecule has 0 unspecified atom stereocenters. The Morgan fingerprint density at radius 1 is 1.07 bits per heavy atom. The van der Waals surface area contributed by atoms with Gasteiger partial charge in [-0.2, -0.15) is 0 Å². The molecule has 0 aliphatic rings. The van der Waals surface area contributed by atoms with E-state index in [2.05, 4.69) is 27.5 Å².